The fourth-order valence-electron chi connectivity index (χ4n) is 2.47. The molecule has 25 heavy (non-hydrogen) atoms. The Morgan fingerprint density at radius 2 is 1.84 bits per heavy atom. The highest BCUT2D eigenvalue weighted by Crippen LogP contribution is 2.35. The van der Waals surface area contributed by atoms with Gasteiger partial charge in [-0.3, -0.25) is 9.69 Å². The lowest BCUT2D eigenvalue weighted by Gasteiger charge is -2.14. The quantitative estimate of drug-likeness (QED) is 0.787. The van der Waals surface area contributed by atoms with E-state index in [-0.39, 0.29) is 11.7 Å². The number of aromatic hydroxyl groups is 1. The Morgan fingerprint density at radius 3 is 2.56 bits per heavy atom. The van der Waals surface area contributed by atoms with Gasteiger partial charge in [0.25, 0.3) is 5.91 Å². The van der Waals surface area contributed by atoms with Crippen molar-refractivity contribution in [2.24, 2.45) is 4.99 Å². The molecule has 4 nitrogen and oxygen atoms in total. The summed E-state index contributed by atoms with van der Waals surface area (Å²) in [4.78, 5) is 19.7. The van der Waals surface area contributed by atoms with Gasteiger partial charge in [0.05, 0.1) is 10.6 Å². The third-order valence-electron chi connectivity index (χ3n) is 3.83. The molecule has 1 aliphatic heterocycles. The molecule has 1 amide bonds. The van der Waals surface area contributed by atoms with Gasteiger partial charge in [-0.15, -0.1) is 0 Å². The number of amides is 1. The number of hydrogen-bond donors (Lipinski definition) is 1. The van der Waals surface area contributed by atoms with E-state index in [9.17, 15) is 9.90 Å². The molecule has 1 heterocycles. The van der Waals surface area contributed by atoms with Crippen LogP contribution in [-0.2, 0) is 4.79 Å². The molecular weight excluding hydrogens is 332 g/mol. The van der Waals surface area contributed by atoms with Gasteiger partial charge in [0.1, 0.15) is 5.75 Å². The maximum Gasteiger partial charge on any atom is 0.266 e. The summed E-state index contributed by atoms with van der Waals surface area (Å²) in [5, 5.41) is 10.6. The van der Waals surface area contributed by atoms with Crippen molar-refractivity contribution >= 4 is 34.6 Å². The number of nitrogens with zero attached hydrogens (tertiary/aromatic N) is 2. The molecule has 1 fully saturated rings. The van der Waals surface area contributed by atoms with Crippen molar-refractivity contribution in [2.75, 3.05) is 6.54 Å². The van der Waals surface area contributed by atoms with Crippen molar-refractivity contribution in [1.82, 2.24) is 4.90 Å². The minimum absolute atomic E-state index is 0.0589. The van der Waals surface area contributed by atoms with Crippen LogP contribution in [0.1, 0.15) is 25.3 Å². The number of thioether (sulfide) groups is 1. The average molecular weight is 352 g/mol. The van der Waals surface area contributed by atoms with E-state index in [0.717, 1.165) is 18.5 Å². The van der Waals surface area contributed by atoms with Crippen molar-refractivity contribution in [3.63, 3.8) is 0 Å². The SMILES string of the molecule is CCCCN1C(=O)/C(=C/c2ccccc2O)SC1=Nc1ccccc1. The molecule has 1 aliphatic rings. The zero-order valence-corrected chi connectivity index (χ0v) is 14.9. The number of phenols is 1. The summed E-state index contributed by atoms with van der Waals surface area (Å²) in [6, 6.07) is 16.6. The van der Waals surface area contributed by atoms with Gasteiger partial charge >= 0.3 is 0 Å². The molecule has 128 valence electrons. The van der Waals surface area contributed by atoms with E-state index in [4.69, 9.17) is 0 Å². The number of carbonyl (C=O) groups is 1. The molecule has 5 heteroatoms. The molecule has 0 saturated carbocycles. The predicted molar refractivity (Wildman–Crippen MR) is 104 cm³/mol. The Hall–Kier alpha value is -2.53. The molecule has 3 rings (SSSR count). The molecule has 1 N–H and O–H groups in total. The second kappa shape index (κ2) is 8.03. The first-order valence-electron chi connectivity index (χ1n) is 8.32. The third kappa shape index (κ3) is 4.12. The molecule has 2 aromatic rings. The van der Waals surface area contributed by atoms with Crippen molar-refractivity contribution in [3.05, 3.63) is 65.1 Å². The van der Waals surface area contributed by atoms with Crippen molar-refractivity contribution < 1.29 is 9.90 Å². The lowest BCUT2D eigenvalue weighted by Crippen LogP contribution is -2.30. The minimum Gasteiger partial charge on any atom is -0.507 e. The maximum atomic E-state index is 12.8. The highest BCUT2D eigenvalue weighted by molar-refractivity contribution is 8.18. The van der Waals surface area contributed by atoms with Crippen LogP contribution in [0.25, 0.3) is 6.08 Å². The zero-order valence-electron chi connectivity index (χ0n) is 14.1. The van der Waals surface area contributed by atoms with Crippen LogP contribution in [-0.4, -0.2) is 27.6 Å². The number of carbonyl (C=O) groups excluding carboxylic acids is 1. The summed E-state index contributed by atoms with van der Waals surface area (Å²) in [5.74, 6) is 0.105. The van der Waals surface area contributed by atoms with Crippen molar-refractivity contribution in [3.8, 4) is 5.75 Å². The van der Waals surface area contributed by atoms with Gasteiger partial charge in [-0.1, -0.05) is 49.7 Å². The number of amidine groups is 1. The van der Waals surface area contributed by atoms with Gasteiger partial charge in [-0.05, 0) is 42.5 Å². The largest absolute Gasteiger partial charge is 0.507 e. The first kappa shape index (κ1) is 17.3. The van der Waals surface area contributed by atoms with E-state index in [0.29, 0.717) is 22.2 Å². The van der Waals surface area contributed by atoms with Crippen LogP contribution in [0.3, 0.4) is 0 Å². The maximum absolute atomic E-state index is 12.8. The van der Waals surface area contributed by atoms with Crippen LogP contribution in [0.5, 0.6) is 5.75 Å². The lowest BCUT2D eigenvalue weighted by atomic mass is 10.2. The normalized spacial score (nSPS) is 17.6. The van der Waals surface area contributed by atoms with Crippen LogP contribution in [0.15, 0.2) is 64.5 Å². The highest BCUT2D eigenvalue weighted by Gasteiger charge is 2.33. The first-order chi connectivity index (χ1) is 12.2. The van der Waals surface area contributed by atoms with E-state index in [1.54, 1.807) is 29.2 Å². The lowest BCUT2D eigenvalue weighted by molar-refractivity contribution is -0.122. The number of hydrogen-bond acceptors (Lipinski definition) is 4. The van der Waals surface area contributed by atoms with Crippen LogP contribution in [0, 0.1) is 0 Å². The Balaban J connectivity index is 1.94. The zero-order chi connectivity index (χ0) is 17.6. The minimum atomic E-state index is -0.0589. The van der Waals surface area contributed by atoms with E-state index < -0.39 is 0 Å². The summed E-state index contributed by atoms with van der Waals surface area (Å²) < 4.78 is 0. The van der Waals surface area contributed by atoms with E-state index in [2.05, 4.69) is 11.9 Å². The average Bonchev–Trinajstić information content (AvgIpc) is 2.91. The highest BCUT2D eigenvalue weighted by atomic mass is 32.2. The van der Waals surface area contributed by atoms with Crippen LogP contribution in [0.2, 0.25) is 0 Å². The Morgan fingerprint density at radius 1 is 1.12 bits per heavy atom. The number of unbranched alkanes of at least 4 members (excludes halogenated alkanes) is 1. The second-order valence-corrected chi connectivity index (χ2v) is 6.72. The van der Waals surface area contributed by atoms with Crippen LogP contribution >= 0.6 is 11.8 Å². The standard InChI is InChI=1S/C20H20N2O2S/c1-2-3-13-22-19(24)18(14-15-9-7-8-12-17(15)23)25-20(22)21-16-10-5-4-6-11-16/h4-12,14,23H,2-3,13H2,1H3/b18-14-,21-20?. The Labute approximate surface area is 151 Å². The molecule has 0 aliphatic carbocycles. The number of rotatable bonds is 5. The van der Waals surface area contributed by atoms with Gasteiger partial charge in [-0.25, -0.2) is 4.99 Å². The Bertz CT molecular complexity index is 815. The Kier molecular flexibility index (Phi) is 5.56. The summed E-state index contributed by atoms with van der Waals surface area (Å²) in [5.41, 5.74) is 1.46. The molecule has 0 atom stereocenters. The number of aliphatic imine (C=N–C) groups is 1. The monoisotopic (exact) mass is 352 g/mol. The fourth-order valence-corrected chi connectivity index (χ4v) is 3.48. The summed E-state index contributed by atoms with van der Waals surface area (Å²) in [6.45, 7) is 2.74. The molecule has 0 unspecified atom stereocenters. The second-order valence-electron chi connectivity index (χ2n) is 5.71. The van der Waals surface area contributed by atoms with Crippen molar-refractivity contribution in [2.45, 2.75) is 19.8 Å². The van der Waals surface area contributed by atoms with E-state index >= 15 is 0 Å². The van der Waals surface area contributed by atoms with Gasteiger partial charge < -0.3 is 5.11 Å². The molecule has 0 radical (unpaired) electrons. The smallest absolute Gasteiger partial charge is 0.266 e. The molecule has 0 bridgehead atoms. The molecule has 2 aromatic carbocycles. The third-order valence-corrected chi connectivity index (χ3v) is 4.83. The topological polar surface area (TPSA) is 52.9 Å². The van der Waals surface area contributed by atoms with Gasteiger partial charge in [0.2, 0.25) is 0 Å². The predicted octanol–water partition coefficient (Wildman–Crippen LogP) is 4.80. The fraction of sp³-hybridized carbons (Fsp3) is 0.200. The number of phenolic OH excluding ortho intramolecular Hbond substituents is 1. The summed E-state index contributed by atoms with van der Waals surface area (Å²) in [7, 11) is 0. The van der Waals surface area contributed by atoms with Gasteiger partial charge in [-0.2, -0.15) is 0 Å². The van der Waals surface area contributed by atoms with E-state index in [1.807, 2.05) is 36.4 Å². The number of benzene rings is 2. The summed E-state index contributed by atoms with van der Waals surface area (Å²) >= 11 is 1.35. The first-order valence-corrected chi connectivity index (χ1v) is 9.14. The van der Waals surface area contributed by atoms with E-state index in [1.165, 1.54) is 11.8 Å². The molecule has 0 aromatic heterocycles. The van der Waals surface area contributed by atoms with Crippen LogP contribution in [0.4, 0.5) is 5.69 Å². The number of para-hydroxylation sites is 2. The molecular formula is C20H20N2O2S. The molecule has 0 spiro atoms. The summed E-state index contributed by atoms with van der Waals surface area (Å²) in [6.07, 6.45) is 3.66. The molecule has 1 saturated heterocycles. The van der Waals surface area contributed by atoms with Crippen molar-refractivity contribution in [1.29, 1.82) is 0 Å². The van der Waals surface area contributed by atoms with Gasteiger partial charge in [0, 0.05) is 12.1 Å². The van der Waals surface area contributed by atoms with Gasteiger partial charge in [0.15, 0.2) is 5.17 Å². The van der Waals surface area contributed by atoms with Crippen LogP contribution < -0.4 is 0 Å².